The molecule has 0 aliphatic heterocycles. The maximum Gasteiger partial charge on any atom is 0.295 e. The van der Waals surface area contributed by atoms with Crippen molar-refractivity contribution in [3.63, 3.8) is 0 Å². The third-order valence-corrected chi connectivity index (χ3v) is 7.16. The number of likely N-dealkylation sites (N-methyl/N-ethyl adjacent to an activating group) is 2. The molecule has 6 nitrogen and oxygen atoms in total. The molecular weight excluding hydrogens is 502 g/mol. The first kappa shape index (κ1) is 28.4. The van der Waals surface area contributed by atoms with Crippen molar-refractivity contribution in [3.05, 3.63) is 89.5 Å². The van der Waals surface area contributed by atoms with Crippen LogP contribution in [0.25, 0.3) is 11.1 Å². The molecule has 2 atom stereocenters. The number of amides is 1. The van der Waals surface area contributed by atoms with Gasteiger partial charge < -0.3 is 19.6 Å². The lowest BCUT2D eigenvalue weighted by atomic mass is 9.98. The Labute approximate surface area is 227 Å². The number of aliphatic hydroxyl groups is 1. The number of rotatable bonds is 12. The summed E-state index contributed by atoms with van der Waals surface area (Å²) in [6.45, 7) is 5.56. The molecule has 0 aromatic heterocycles. The molecule has 39 heavy (non-hydrogen) atoms. The Morgan fingerprint density at radius 1 is 0.949 bits per heavy atom. The highest BCUT2D eigenvalue weighted by Crippen LogP contribution is 2.31. The third-order valence-electron chi connectivity index (χ3n) is 7.16. The number of ketones is 1. The molecule has 3 aromatic rings. The number of benzene rings is 3. The van der Waals surface area contributed by atoms with Crippen molar-refractivity contribution in [3.8, 4) is 16.9 Å². The first-order valence-corrected chi connectivity index (χ1v) is 13.3. The summed E-state index contributed by atoms with van der Waals surface area (Å²) < 4.78 is 33.6. The van der Waals surface area contributed by atoms with Crippen molar-refractivity contribution in [1.82, 2.24) is 9.80 Å². The van der Waals surface area contributed by atoms with Gasteiger partial charge in [0.05, 0.1) is 12.1 Å². The second-order valence-corrected chi connectivity index (χ2v) is 9.83. The van der Waals surface area contributed by atoms with E-state index in [1.807, 2.05) is 18.7 Å². The third kappa shape index (κ3) is 6.88. The summed E-state index contributed by atoms with van der Waals surface area (Å²) in [6.07, 6.45) is 0.583. The number of Topliss-reactive ketones (excluding diaryl/α,β-unsaturated/α-hetero) is 1. The number of nitrogens with zero attached hydrogens (tertiary/aromatic N) is 2. The minimum atomic E-state index is -1.24. The molecule has 0 radical (unpaired) electrons. The van der Waals surface area contributed by atoms with Crippen LogP contribution in [0.3, 0.4) is 0 Å². The average Bonchev–Trinajstić information content (AvgIpc) is 3.78. The topological polar surface area (TPSA) is 70.1 Å². The van der Waals surface area contributed by atoms with E-state index in [0.29, 0.717) is 18.7 Å². The van der Waals surface area contributed by atoms with Crippen LogP contribution in [0.2, 0.25) is 0 Å². The van der Waals surface area contributed by atoms with Gasteiger partial charge in [0, 0.05) is 19.2 Å². The van der Waals surface area contributed by atoms with Crippen molar-refractivity contribution in [2.24, 2.45) is 0 Å². The van der Waals surface area contributed by atoms with Crippen LogP contribution in [0.5, 0.6) is 5.75 Å². The summed E-state index contributed by atoms with van der Waals surface area (Å²) in [5.74, 6) is -2.29. The van der Waals surface area contributed by atoms with Gasteiger partial charge in [0.2, 0.25) is 5.78 Å². The Morgan fingerprint density at radius 2 is 1.54 bits per heavy atom. The number of hydrogen-bond donors (Lipinski definition) is 1. The van der Waals surface area contributed by atoms with Crippen LogP contribution >= 0.6 is 0 Å². The van der Waals surface area contributed by atoms with E-state index in [1.54, 1.807) is 42.5 Å². The summed E-state index contributed by atoms with van der Waals surface area (Å²) in [6, 6.07) is 16.0. The Balaban J connectivity index is 1.54. The number of halogens is 2. The zero-order valence-electron chi connectivity index (χ0n) is 22.4. The molecule has 1 fully saturated rings. The number of hydrogen-bond acceptors (Lipinski definition) is 5. The Morgan fingerprint density at radius 3 is 2.08 bits per heavy atom. The zero-order valence-corrected chi connectivity index (χ0v) is 22.4. The molecule has 8 heteroatoms. The number of carbonyl (C=O) groups excluding carboxylic acids is 2. The van der Waals surface area contributed by atoms with Gasteiger partial charge in [-0.05, 0) is 66.9 Å². The molecule has 206 valence electrons. The van der Waals surface area contributed by atoms with E-state index in [9.17, 15) is 23.5 Å². The first-order chi connectivity index (χ1) is 18.7. The quantitative estimate of drug-likeness (QED) is 0.253. The molecule has 3 aromatic carbocycles. The largest absolute Gasteiger partial charge is 0.487 e. The molecule has 0 saturated heterocycles. The van der Waals surface area contributed by atoms with Gasteiger partial charge in [0.1, 0.15) is 11.9 Å². The predicted molar refractivity (Wildman–Crippen MR) is 146 cm³/mol. The molecule has 0 bridgehead atoms. The van der Waals surface area contributed by atoms with E-state index in [4.69, 9.17) is 4.74 Å². The van der Waals surface area contributed by atoms with Gasteiger partial charge in [-0.15, -0.1) is 0 Å². The molecule has 4 rings (SSSR count). The average molecular weight is 537 g/mol. The molecular formula is C31H34F2N2O4. The lowest BCUT2D eigenvalue weighted by Crippen LogP contribution is -2.50. The van der Waals surface area contributed by atoms with Crippen LogP contribution < -0.4 is 4.74 Å². The van der Waals surface area contributed by atoms with E-state index in [2.05, 4.69) is 0 Å². The molecule has 0 heterocycles. The van der Waals surface area contributed by atoms with Crippen molar-refractivity contribution in [2.45, 2.75) is 44.9 Å². The van der Waals surface area contributed by atoms with E-state index in [-0.39, 0.29) is 29.8 Å². The fourth-order valence-electron chi connectivity index (χ4n) is 4.46. The van der Waals surface area contributed by atoms with Gasteiger partial charge in [-0.1, -0.05) is 56.3 Å². The Bertz CT molecular complexity index is 1290. The second-order valence-electron chi connectivity index (χ2n) is 9.83. The summed E-state index contributed by atoms with van der Waals surface area (Å²) in [5, 5.41) is 11.3. The summed E-state index contributed by atoms with van der Waals surface area (Å²) >= 11 is 0. The molecule has 1 N–H and O–H groups in total. The van der Waals surface area contributed by atoms with Gasteiger partial charge in [-0.3, -0.25) is 9.59 Å². The highest BCUT2D eigenvalue weighted by molar-refractivity contribution is 6.42. The highest BCUT2D eigenvalue weighted by Gasteiger charge is 2.33. The second kappa shape index (κ2) is 12.5. The maximum absolute atomic E-state index is 14.7. The highest BCUT2D eigenvalue weighted by atomic mass is 19.1. The lowest BCUT2D eigenvalue weighted by Gasteiger charge is -2.35. The van der Waals surface area contributed by atoms with Gasteiger partial charge in [-0.2, -0.15) is 0 Å². The van der Waals surface area contributed by atoms with Gasteiger partial charge in [0.15, 0.2) is 11.6 Å². The van der Waals surface area contributed by atoms with E-state index in [0.717, 1.165) is 24.0 Å². The monoisotopic (exact) mass is 536 g/mol. The molecule has 0 unspecified atom stereocenters. The summed E-state index contributed by atoms with van der Waals surface area (Å²) in [4.78, 5) is 29.8. The van der Waals surface area contributed by atoms with Crippen molar-refractivity contribution >= 4 is 11.7 Å². The minimum Gasteiger partial charge on any atom is -0.487 e. The van der Waals surface area contributed by atoms with Crippen LogP contribution in [-0.4, -0.2) is 65.4 Å². The van der Waals surface area contributed by atoms with E-state index in [1.165, 1.54) is 36.2 Å². The zero-order chi connectivity index (χ0) is 28.1. The van der Waals surface area contributed by atoms with Gasteiger partial charge >= 0.3 is 0 Å². The SMILES string of the molecule is CCN(CC)C[C@H]([C@H](O)c1ccc(OC2CC2)c(F)c1)N(C)C(=O)C(=O)c1ccc(-c2ccc(F)cc2)cc1. The molecule has 0 spiro atoms. The van der Waals surface area contributed by atoms with Gasteiger partial charge in [0.25, 0.3) is 5.91 Å². The first-order valence-electron chi connectivity index (χ1n) is 13.3. The minimum absolute atomic E-state index is 0.0326. The van der Waals surface area contributed by atoms with Crippen LogP contribution in [0.15, 0.2) is 66.7 Å². The Kier molecular flexibility index (Phi) is 9.09. The van der Waals surface area contributed by atoms with Crippen LogP contribution in [0.1, 0.15) is 48.7 Å². The summed E-state index contributed by atoms with van der Waals surface area (Å²) in [5.41, 5.74) is 2.05. The van der Waals surface area contributed by atoms with Crippen LogP contribution in [0.4, 0.5) is 8.78 Å². The lowest BCUT2D eigenvalue weighted by molar-refractivity contribution is -0.130. The van der Waals surface area contributed by atoms with E-state index >= 15 is 0 Å². The van der Waals surface area contributed by atoms with Gasteiger partial charge in [-0.25, -0.2) is 8.78 Å². The Hall–Kier alpha value is -3.62. The smallest absolute Gasteiger partial charge is 0.295 e. The summed E-state index contributed by atoms with van der Waals surface area (Å²) in [7, 11) is 1.48. The fourth-order valence-corrected chi connectivity index (χ4v) is 4.46. The molecule has 1 aliphatic rings. The fraction of sp³-hybridized carbons (Fsp3) is 0.355. The maximum atomic E-state index is 14.7. The van der Waals surface area contributed by atoms with Crippen molar-refractivity contribution < 1.29 is 28.2 Å². The number of aliphatic hydroxyl groups excluding tert-OH is 1. The molecule has 1 saturated carbocycles. The van der Waals surface area contributed by atoms with E-state index < -0.39 is 29.7 Å². The molecule has 1 aliphatic carbocycles. The molecule has 1 amide bonds. The predicted octanol–water partition coefficient (Wildman–Crippen LogP) is 5.26. The van der Waals surface area contributed by atoms with Crippen LogP contribution in [0, 0.1) is 11.6 Å². The van der Waals surface area contributed by atoms with Crippen LogP contribution in [-0.2, 0) is 4.79 Å². The van der Waals surface area contributed by atoms with Crippen molar-refractivity contribution in [1.29, 1.82) is 0 Å². The normalized spacial score (nSPS) is 14.6. The number of carbonyl (C=O) groups is 2. The van der Waals surface area contributed by atoms with Crippen molar-refractivity contribution in [2.75, 3.05) is 26.7 Å². The standard InChI is InChI=1S/C31H34F2N2O4/c1-4-35(5-2)19-27(29(36)23-12-17-28(26(33)18-23)39-25-15-16-25)34(3)31(38)30(37)22-8-6-20(7-9-22)21-10-13-24(32)14-11-21/h6-14,17-18,25,27,29,36H,4-5,15-16,19H2,1-3H3/t27-,29-/m1/s1. The number of ether oxygens (including phenoxy) is 1.